The van der Waals surface area contributed by atoms with E-state index in [9.17, 15) is 4.79 Å². The van der Waals surface area contributed by atoms with Gasteiger partial charge >= 0.3 is 5.97 Å². The predicted molar refractivity (Wildman–Crippen MR) is 65.1 cm³/mol. The van der Waals surface area contributed by atoms with Gasteiger partial charge in [-0.2, -0.15) is 0 Å². The summed E-state index contributed by atoms with van der Waals surface area (Å²) < 4.78 is 15.8. The van der Waals surface area contributed by atoms with E-state index in [2.05, 4.69) is 13.8 Å². The lowest BCUT2D eigenvalue weighted by Gasteiger charge is -2.27. The van der Waals surface area contributed by atoms with Gasteiger partial charge in [-0.05, 0) is 44.4 Å². The van der Waals surface area contributed by atoms with Crippen molar-refractivity contribution in [2.75, 3.05) is 13.2 Å². The highest BCUT2D eigenvalue weighted by Crippen LogP contribution is 2.50. The van der Waals surface area contributed by atoms with Crippen molar-refractivity contribution in [3.8, 4) is 0 Å². The Bertz CT molecular complexity index is 339. The minimum absolute atomic E-state index is 0.191. The lowest BCUT2D eigenvalue weighted by molar-refractivity contribution is -0.145. The highest BCUT2D eigenvalue weighted by Gasteiger charge is 2.55. The van der Waals surface area contributed by atoms with Crippen molar-refractivity contribution < 1.29 is 19.0 Å². The zero-order chi connectivity index (χ0) is 12.8. The maximum absolute atomic E-state index is 11.3. The van der Waals surface area contributed by atoms with E-state index in [0.717, 1.165) is 12.3 Å². The molecule has 0 aromatic heterocycles. The summed E-state index contributed by atoms with van der Waals surface area (Å²) in [5.41, 5.74) is 0.200. The number of carbonyl (C=O) groups is 1. The summed E-state index contributed by atoms with van der Waals surface area (Å²) in [7, 11) is 0. The second kappa shape index (κ2) is 4.49. The molecule has 102 valence electrons. The standard InChI is InChI=1S/C14H22O4/c1-9(4-6-16-13(15)11-8-17-11)10-3-5-14(2)12(7-10)18-14/h9-12H,3-8H2,1-2H3. The molecule has 3 rings (SSSR count). The molecule has 0 aromatic rings. The summed E-state index contributed by atoms with van der Waals surface area (Å²) in [6.07, 6.45) is 4.77. The lowest BCUT2D eigenvalue weighted by Crippen LogP contribution is -2.26. The molecule has 4 nitrogen and oxygen atoms in total. The summed E-state index contributed by atoms with van der Waals surface area (Å²) in [5, 5.41) is 0. The third kappa shape index (κ3) is 2.54. The maximum atomic E-state index is 11.3. The Balaban J connectivity index is 1.36. The fourth-order valence-corrected chi connectivity index (χ4v) is 3.05. The maximum Gasteiger partial charge on any atom is 0.337 e. The van der Waals surface area contributed by atoms with Crippen LogP contribution in [0.5, 0.6) is 0 Å². The summed E-state index contributed by atoms with van der Waals surface area (Å²) in [5.74, 6) is 1.14. The molecule has 1 aliphatic carbocycles. The van der Waals surface area contributed by atoms with Gasteiger partial charge < -0.3 is 14.2 Å². The van der Waals surface area contributed by atoms with Gasteiger partial charge in [-0.1, -0.05) is 6.92 Å². The van der Waals surface area contributed by atoms with Crippen LogP contribution in [0, 0.1) is 11.8 Å². The Morgan fingerprint density at radius 2 is 2.33 bits per heavy atom. The highest BCUT2D eigenvalue weighted by molar-refractivity contribution is 5.76. The van der Waals surface area contributed by atoms with Crippen molar-refractivity contribution in [1.82, 2.24) is 0 Å². The lowest BCUT2D eigenvalue weighted by atomic mass is 9.76. The van der Waals surface area contributed by atoms with E-state index in [-0.39, 0.29) is 17.7 Å². The predicted octanol–water partition coefficient (Wildman–Crippen LogP) is 1.91. The van der Waals surface area contributed by atoms with Crippen molar-refractivity contribution in [2.45, 2.75) is 57.3 Å². The van der Waals surface area contributed by atoms with Crippen LogP contribution < -0.4 is 0 Å². The SMILES string of the molecule is CC(CCOC(=O)C1CO1)C1CCC2(C)OC2C1. The van der Waals surface area contributed by atoms with Crippen molar-refractivity contribution in [3.05, 3.63) is 0 Å². The van der Waals surface area contributed by atoms with Crippen LogP contribution in [0.15, 0.2) is 0 Å². The highest BCUT2D eigenvalue weighted by atomic mass is 16.6. The third-order valence-electron chi connectivity index (χ3n) is 4.78. The average molecular weight is 254 g/mol. The number of fused-ring (bicyclic) bond motifs is 1. The molecule has 2 aliphatic heterocycles. The van der Waals surface area contributed by atoms with Crippen LogP contribution in [0.25, 0.3) is 0 Å². The summed E-state index contributed by atoms with van der Waals surface area (Å²) in [6.45, 7) is 5.54. The molecule has 3 fully saturated rings. The molecule has 5 unspecified atom stereocenters. The molecular formula is C14H22O4. The Morgan fingerprint density at radius 3 is 3.00 bits per heavy atom. The summed E-state index contributed by atoms with van der Waals surface area (Å²) in [6, 6.07) is 0. The minimum Gasteiger partial charge on any atom is -0.464 e. The zero-order valence-corrected chi connectivity index (χ0v) is 11.2. The molecule has 18 heavy (non-hydrogen) atoms. The van der Waals surface area contributed by atoms with Crippen LogP contribution in [-0.4, -0.2) is 37.0 Å². The van der Waals surface area contributed by atoms with Crippen LogP contribution in [0.3, 0.4) is 0 Å². The van der Waals surface area contributed by atoms with Crippen molar-refractivity contribution in [2.24, 2.45) is 11.8 Å². The van der Waals surface area contributed by atoms with Crippen LogP contribution >= 0.6 is 0 Å². The van der Waals surface area contributed by atoms with E-state index >= 15 is 0 Å². The molecule has 0 spiro atoms. The van der Waals surface area contributed by atoms with Crippen molar-refractivity contribution in [1.29, 1.82) is 0 Å². The van der Waals surface area contributed by atoms with Gasteiger partial charge in [-0.25, -0.2) is 4.79 Å². The Hall–Kier alpha value is -0.610. The topological polar surface area (TPSA) is 51.4 Å². The van der Waals surface area contributed by atoms with Gasteiger partial charge in [0.25, 0.3) is 0 Å². The van der Waals surface area contributed by atoms with Gasteiger partial charge in [0.05, 0.1) is 24.9 Å². The molecule has 0 bridgehead atoms. The van der Waals surface area contributed by atoms with E-state index in [0.29, 0.717) is 25.2 Å². The number of ether oxygens (including phenoxy) is 3. The first-order valence-electron chi connectivity index (χ1n) is 7.04. The molecule has 2 saturated heterocycles. The van der Waals surface area contributed by atoms with Crippen LogP contribution in [-0.2, 0) is 19.0 Å². The van der Waals surface area contributed by atoms with Gasteiger partial charge in [-0.15, -0.1) is 0 Å². The number of esters is 1. The molecular weight excluding hydrogens is 232 g/mol. The summed E-state index contributed by atoms with van der Waals surface area (Å²) in [4.78, 5) is 11.3. The molecule has 3 aliphatic rings. The van der Waals surface area contributed by atoms with E-state index in [4.69, 9.17) is 14.2 Å². The Kier molecular flexibility index (Phi) is 3.10. The van der Waals surface area contributed by atoms with Gasteiger partial charge in [0, 0.05) is 0 Å². The van der Waals surface area contributed by atoms with Gasteiger partial charge in [0.2, 0.25) is 0 Å². The molecule has 0 aromatic carbocycles. The number of rotatable bonds is 5. The second-order valence-corrected chi connectivity index (χ2v) is 6.21. The molecule has 0 N–H and O–H groups in total. The third-order valence-corrected chi connectivity index (χ3v) is 4.78. The van der Waals surface area contributed by atoms with Crippen molar-refractivity contribution in [3.63, 3.8) is 0 Å². The van der Waals surface area contributed by atoms with E-state index in [1.165, 1.54) is 19.3 Å². The van der Waals surface area contributed by atoms with Crippen molar-refractivity contribution >= 4 is 5.97 Å². The first-order chi connectivity index (χ1) is 8.58. The molecule has 0 amide bonds. The van der Waals surface area contributed by atoms with Crippen LogP contribution in [0.4, 0.5) is 0 Å². The van der Waals surface area contributed by atoms with E-state index in [1.54, 1.807) is 0 Å². The number of hydrogen-bond acceptors (Lipinski definition) is 4. The van der Waals surface area contributed by atoms with Gasteiger partial charge in [0.15, 0.2) is 6.10 Å². The first kappa shape index (κ1) is 12.4. The molecule has 0 radical (unpaired) electrons. The largest absolute Gasteiger partial charge is 0.464 e. The Labute approximate surface area is 108 Å². The van der Waals surface area contributed by atoms with Crippen LogP contribution in [0.1, 0.15) is 39.5 Å². The van der Waals surface area contributed by atoms with E-state index in [1.807, 2.05) is 0 Å². The number of hydrogen-bond donors (Lipinski definition) is 0. The normalized spacial score (nSPS) is 42.9. The molecule has 2 heterocycles. The fourth-order valence-electron chi connectivity index (χ4n) is 3.05. The van der Waals surface area contributed by atoms with E-state index < -0.39 is 0 Å². The smallest absolute Gasteiger partial charge is 0.337 e. The number of carbonyl (C=O) groups excluding carboxylic acids is 1. The zero-order valence-electron chi connectivity index (χ0n) is 11.2. The quantitative estimate of drug-likeness (QED) is 0.555. The molecule has 1 saturated carbocycles. The molecule has 5 atom stereocenters. The van der Waals surface area contributed by atoms with Gasteiger partial charge in [-0.3, -0.25) is 0 Å². The number of epoxide rings is 2. The minimum atomic E-state index is -0.268. The first-order valence-corrected chi connectivity index (χ1v) is 7.04. The molecule has 4 heteroatoms. The monoisotopic (exact) mass is 254 g/mol. The second-order valence-electron chi connectivity index (χ2n) is 6.21. The van der Waals surface area contributed by atoms with Gasteiger partial charge in [0.1, 0.15) is 0 Å². The Morgan fingerprint density at radius 1 is 1.56 bits per heavy atom. The fraction of sp³-hybridized carbons (Fsp3) is 0.929. The average Bonchev–Trinajstić information content (AvgIpc) is 3.21. The summed E-state index contributed by atoms with van der Waals surface area (Å²) >= 11 is 0. The van der Waals surface area contributed by atoms with Crippen LogP contribution in [0.2, 0.25) is 0 Å².